The second kappa shape index (κ2) is 3.28. The fraction of sp³-hybridized carbons (Fsp3) is 0.667. The maximum Gasteiger partial charge on any atom is 0.453 e. The maximum atomic E-state index is 12.1. The zero-order chi connectivity index (χ0) is 10.2. The van der Waals surface area contributed by atoms with Crippen LogP contribution in [0.3, 0.4) is 0 Å². The quantitative estimate of drug-likeness (QED) is 0.775. The molecule has 1 aromatic heterocycles. The van der Waals surface area contributed by atoms with Crippen LogP contribution in [0.2, 0.25) is 0 Å². The highest BCUT2D eigenvalue weighted by Crippen LogP contribution is 2.28. The van der Waals surface area contributed by atoms with Crippen molar-refractivity contribution in [2.45, 2.75) is 26.1 Å². The lowest BCUT2D eigenvalue weighted by atomic mass is 10.4. The van der Waals surface area contributed by atoms with E-state index < -0.39 is 12.0 Å². The topological polar surface area (TPSA) is 30.7 Å². The molecule has 0 aliphatic rings. The van der Waals surface area contributed by atoms with Gasteiger partial charge in [-0.3, -0.25) is 0 Å². The molecule has 0 saturated carbocycles. The van der Waals surface area contributed by atoms with Gasteiger partial charge in [0, 0.05) is 6.04 Å². The fourth-order valence-electron chi connectivity index (χ4n) is 0.753. The molecule has 7 heteroatoms. The molecule has 1 heterocycles. The molecule has 0 saturated heterocycles. The van der Waals surface area contributed by atoms with E-state index in [0.717, 1.165) is 0 Å². The summed E-state index contributed by atoms with van der Waals surface area (Å²) in [5.41, 5.74) is 0. The fourth-order valence-corrected chi connectivity index (χ4v) is 1.41. The molecule has 0 spiro atoms. The summed E-state index contributed by atoms with van der Waals surface area (Å²) in [6.07, 6.45) is -4.48. The van der Waals surface area contributed by atoms with Crippen LogP contribution in [0.4, 0.5) is 13.2 Å². The zero-order valence-corrected chi connectivity index (χ0v) is 8.52. The first-order chi connectivity index (χ1) is 5.82. The van der Waals surface area contributed by atoms with Crippen molar-refractivity contribution in [3.8, 4) is 0 Å². The van der Waals surface area contributed by atoms with Crippen LogP contribution < -0.4 is 0 Å². The summed E-state index contributed by atoms with van der Waals surface area (Å²) < 4.78 is 37.5. The third-order valence-electron chi connectivity index (χ3n) is 1.33. The Labute approximate surface area is 81.1 Å². The number of rotatable bonds is 1. The molecule has 0 amide bonds. The maximum absolute atomic E-state index is 12.1. The Kier molecular flexibility index (Phi) is 2.65. The van der Waals surface area contributed by atoms with Gasteiger partial charge < -0.3 is 0 Å². The van der Waals surface area contributed by atoms with Crippen LogP contribution in [0.25, 0.3) is 0 Å². The van der Waals surface area contributed by atoms with Gasteiger partial charge in [0.05, 0.1) is 0 Å². The number of hydrogen-bond acceptors (Lipinski definition) is 2. The minimum atomic E-state index is -4.48. The highest BCUT2D eigenvalue weighted by Gasteiger charge is 2.37. The highest BCUT2D eigenvalue weighted by molar-refractivity contribution is 9.10. The van der Waals surface area contributed by atoms with E-state index in [1.165, 1.54) is 4.68 Å². The van der Waals surface area contributed by atoms with E-state index in [0.29, 0.717) is 0 Å². The summed E-state index contributed by atoms with van der Waals surface area (Å²) in [5, 5.41) is 3.31. The molecule has 0 fully saturated rings. The Morgan fingerprint density at radius 1 is 1.38 bits per heavy atom. The second-order valence-electron chi connectivity index (χ2n) is 2.74. The van der Waals surface area contributed by atoms with Crippen molar-refractivity contribution in [3.05, 3.63) is 10.6 Å². The Bertz CT molecular complexity index is 305. The van der Waals surface area contributed by atoms with Gasteiger partial charge in [-0.1, -0.05) is 0 Å². The third-order valence-corrected chi connectivity index (χ3v) is 1.87. The summed E-state index contributed by atoms with van der Waals surface area (Å²) in [7, 11) is 0. The predicted molar refractivity (Wildman–Crippen MR) is 43.1 cm³/mol. The van der Waals surface area contributed by atoms with Gasteiger partial charge >= 0.3 is 6.18 Å². The normalized spacial score (nSPS) is 12.5. The van der Waals surface area contributed by atoms with Crippen LogP contribution >= 0.6 is 15.9 Å². The average Bonchev–Trinajstić information content (AvgIpc) is 2.29. The van der Waals surface area contributed by atoms with Crippen molar-refractivity contribution in [2.75, 3.05) is 0 Å². The van der Waals surface area contributed by atoms with Gasteiger partial charge in [-0.05, 0) is 29.8 Å². The van der Waals surface area contributed by atoms with Crippen molar-refractivity contribution >= 4 is 15.9 Å². The van der Waals surface area contributed by atoms with Crippen LogP contribution in [-0.2, 0) is 6.18 Å². The molecule has 0 aromatic carbocycles. The lowest BCUT2D eigenvalue weighted by Crippen LogP contribution is -2.09. The van der Waals surface area contributed by atoms with E-state index >= 15 is 0 Å². The minimum absolute atomic E-state index is 0.0924. The van der Waals surface area contributed by atoms with Crippen molar-refractivity contribution in [1.82, 2.24) is 14.8 Å². The number of alkyl halides is 3. The summed E-state index contributed by atoms with van der Waals surface area (Å²) in [6.45, 7) is 3.44. The van der Waals surface area contributed by atoms with E-state index in [2.05, 4.69) is 26.0 Å². The largest absolute Gasteiger partial charge is 0.453 e. The Hall–Kier alpha value is -0.590. The number of hydrogen-bond donors (Lipinski definition) is 0. The number of aromatic nitrogens is 3. The summed E-state index contributed by atoms with van der Waals surface area (Å²) in [5.74, 6) is -1.12. The lowest BCUT2D eigenvalue weighted by Gasteiger charge is -2.04. The molecule has 0 aliphatic heterocycles. The molecule has 74 valence electrons. The van der Waals surface area contributed by atoms with Crippen LogP contribution in [0.5, 0.6) is 0 Å². The molecule has 0 bridgehead atoms. The molecule has 0 aliphatic carbocycles. The molecule has 0 atom stereocenters. The molecule has 0 N–H and O–H groups in total. The van der Waals surface area contributed by atoms with Crippen LogP contribution in [-0.4, -0.2) is 14.8 Å². The molecule has 13 heavy (non-hydrogen) atoms. The SMILES string of the molecule is CC(C)n1nc(C(F)(F)F)nc1Br. The molecule has 1 aromatic rings. The van der Waals surface area contributed by atoms with Gasteiger partial charge in [-0.25, -0.2) is 4.68 Å². The molecular formula is C6H7BrF3N3. The predicted octanol–water partition coefficient (Wildman–Crippen LogP) is 2.64. The molecular weight excluding hydrogens is 251 g/mol. The third kappa shape index (κ3) is 2.20. The van der Waals surface area contributed by atoms with Crippen molar-refractivity contribution in [2.24, 2.45) is 0 Å². The number of halogens is 4. The summed E-state index contributed by atoms with van der Waals surface area (Å²) >= 11 is 2.90. The van der Waals surface area contributed by atoms with Gasteiger partial charge in [-0.2, -0.15) is 18.2 Å². The van der Waals surface area contributed by atoms with Crippen LogP contribution in [0.1, 0.15) is 25.7 Å². The first-order valence-electron chi connectivity index (χ1n) is 3.51. The van der Waals surface area contributed by atoms with E-state index in [-0.39, 0.29) is 10.8 Å². The van der Waals surface area contributed by atoms with Gasteiger partial charge in [0.25, 0.3) is 5.82 Å². The zero-order valence-electron chi connectivity index (χ0n) is 6.93. The first-order valence-corrected chi connectivity index (χ1v) is 4.31. The summed E-state index contributed by atoms with van der Waals surface area (Å²) in [6, 6.07) is -0.155. The molecule has 1 rings (SSSR count). The van der Waals surface area contributed by atoms with E-state index in [9.17, 15) is 13.2 Å². The lowest BCUT2D eigenvalue weighted by molar-refractivity contribution is -0.145. The van der Waals surface area contributed by atoms with Gasteiger partial charge in [0.15, 0.2) is 4.73 Å². The number of nitrogens with zero attached hydrogens (tertiary/aromatic N) is 3. The van der Waals surface area contributed by atoms with Crippen LogP contribution in [0, 0.1) is 0 Å². The molecule has 0 unspecified atom stereocenters. The van der Waals surface area contributed by atoms with Gasteiger partial charge in [0.1, 0.15) is 0 Å². The average molecular weight is 258 g/mol. The molecule has 3 nitrogen and oxygen atoms in total. The van der Waals surface area contributed by atoms with Crippen LogP contribution in [0.15, 0.2) is 4.73 Å². The highest BCUT2D eigenvalue weighted by atomic mass is 79.9. The van der Waals surface area contributed by atoms with Crippen molar-refractivity contribution < 1.29 is 13.2 Å². The monoisotopic (exact) mass is 257 g/mol. The minimum Gasteiger partial charge on any atom is -0.237 e. The smallest absolute Gasteiger partial charge is 0.237 e. The van der Waals surface area contributed by atoms with Gasteiger partial charge in [0.2, 0.25) is 0 Å². The first kappa shape index (κ1) is 10.5. The van der Waals surface area contributed by atoms with E-state index in [1.54, 1.807) is 13.8 Å². The Balaban J connectivity index is 3.10. The van der Waals surface area contributed by atoms with E-state index in [4.69, 9.17) is 0 Å². The second-order valence-corrected chi connectivity index (χ2v) is 3.45. The summed E-state index contributed by atoms with van der Waals surface area (Å²) in [4.78, 5) is 3.25. The van der Waals surface area contributed by atoms with E-state index in [1.807, 2.05) is 0 Å². The Morgan fingerprint density at radius 2 is 1.92 bits per heavy atom. The Morgan fingerprint density at radius 3 is 2.15 bits per heavy atom. The van der Waals surface area contributed by atoms with Crippen molar-refractivity contribution in [3.63, 3.8) is 0 Å². The molecule has 0 radical (unpaired) electrons. The standard InChI is InChI=1S/C6H7BrF3N3/c1-3(2)13-5(7)11-4(12-13)6(8,9)10/h3H,1-2H3. The van der Waals surface area contributed by atoms with Gasteiger partial charge in [-0.15, -0.1) is 5.10 Å². The van der Waals surface area contributed by atoms with Crippen molar-refractivity contribution in [1.29, 1.82) is 0 Å².